The lowest BCUT2D eigenvalue weighted by Gasteiger charge is -2.11. The van der Waals surface area contributed by atoms with Crippen LogP contribution in [0.15, 0.2) is 0 Å². The van der Waals surface area contributed by atoms with Crippen molar-refractivity contribution in [2.45, 2.75) is 18.8 Å². The summed E-state index contributed by atoms with van der Waals surface area (Å²) in [5, 5.41) is 0. The van der Waals surface area contributed by atoms with E-state index in [0.29, 0.717) is 13.0 Å². The molecule has 3 atom stereocenters. The van der Waals surface area contributed by atoms with Crippen molar-refractivity contribution >= 4 is 5.97 Å². The minimum Gasteiger partial charge on any atom is -0.459 e. The van der Waals surface area contributed by atoms with Gasteiger partial charge < -0.3 is 14.2 Å². The van der Waals surface area contributed by atoms with Gasteiger partial charge in [0, 0.05) is 7.11 Å². The number of fused-ring (bicyclic) bond motifs is 1. The lowest BCUT2D eigenvalue weighted by Crippen LogP contribution is -2.20. The molecule has 2 fully saturated rings. The molecule has 4 heteroatoms. The topological polar surface area (TPSA) is 44.8 Å². The molecule has 2 aliphatic heterocycles. The average molecular weight is 158 g/mol. The van der Waals surface area contributed by atoms with Crippen LogP contribution in [0.2, 0.25) is 0 Å². The van der Waals surface area contributed by atoms with E-state index in [2.05, 4.69) is 0 Å². The highest BCUT2D eigenvalue weighted by Gasteiger charge is 2.46. The zero-order chi connectivity index (χ0) is 7.84. The van der Waals surface area contributed by atoms with Crippen molar-refractivity contribution in [2.75, 3.05) is 13.7 Å². The lowest BCUT2D eigenvalue weighted by molar-refractivity contribution is -0.146. The molecule has 0 saturated carbocycles. The summed E-state index contributed by atoms with van der Waals surface area (Å²) in [5.41, 5.74) is 0. The maximum absolute atomic E-state index is 10.8. The molecule has 62 valence electrons. The molecule has 4 nitrogen and oxygen atoms in total. The van der Waals surface area contributed by atoms with Crippen LogP contribution in [0.5, 0.6) is 0 Å². The van der Waals surface area contributed by atoms with Gasteiger partial charge in [-0.05, 0) is 0 Å². The molecule has 11 heavy (non-hydrogen) atoms. The molecule has 0 aromatic heterocycles. The number of ether oxygens (including phenoxy) is 3. The molecule has 0 aromatic rings. The largest absolute Gasteiger partial charge is 0.459 e. The maximum atomic E-state index is 10.8. The predicted octanol–water partition coefficient (Wildman–Crippen LogP) is -0.0792. The van der Waals surface area contributed by atoms with Crippen LogP contribution in [0.4, 0.5) is 0 Å². The van der Waals surface area contributed by atoms with E-state index in [-0.39, 0.29) is 24.3 Å². The number of esters is 1. The van der Waals surface area contributed by atoms with E-state index in [1.165, 1.54) is 0 Å². The first kappa shape index (κ1) is 7.06. The van der Waals surface area contributed by atoms with Crippen LogP contribution in [-0.2, 0) is 19.0 Å². The third-order valence-electron chi connectivity index (χ3n) is 2.17. The number of hydrogen-bond acceptors (Lipinski definition) is 4. The quantitative estimate of drug-likeness (QED) is 0.501. The molecule has 0 aromatic carbocycles. The monoisotopic (exact) mass is 158 g/mol. The number of methoxy groups -OCH3 is 1. The van der Waals surface area contributed by atoms with Crippen LogP contribution in [0, 0.1) is 5.92 Å². The highest BCUT2D eigenvalue weighted by molar-refractivity contribution is 5.72. The molecule has 0 bridgehead atoms. The Balaban J connectivity index is 2.07. The smallest absolute Gasteiger partial charge is 0.306 e. The van der Waals surface area contributed by atoms with E-state index in [1.54, 1.807) is 7.11 Å². The van der Waals surface area contributed by atoms with Gasteiger partial charge >= 0.3 is 5.97 Å². The van der Waals surface area contributed by atoms with E-state index in [1.807, 2.05) is 0 Å². The van der Waals surface area contributed by atoms with Gasteiger partial charge in [0.2, 0.25) is 0 Å². The van der Waals surface area contributed by atoms with Crippen molar-refractivity contribution in [1.29, 1.82) is 0 Å². The fraction of sp³-hybridized carbons (Fsp3) is 0.857. The van der Waals surface area contributed by atoms with Crippen LogP contribution in [-0.4, -0.2) is 32.1 Å². The van der Waals surface area contributed by atoms with Gasteiger partial charge in [-0.3, -0.25) is 4.79 Å². The van der Waals surface area contributed by atoms with Crippen LogP contribution < -0.4 is 0 Å². The molecular weight excluding hydrogens is 148 g/mol. The average Bonchev–Trinajstić information content (AvgIpc) is 2.45. The summed E-state index contributed by atoms with van der Waals surface area (Å²) >= 11 is 0. The lowest BCUT2D eigenvalue weighted by atomic mass is 10.0. The second-order valence-electron chi connectivity index (χ2n) is 2.83. The Hall–Kier alpha value is -0.610. The van der Waals surface area contributed by atoms with Crippen molar-refractivity contribution in [2.24, 2.45) is 5.92 Å². The van der Waals surface area contributed by atoms with Gasteiger partial charge in [0.1, 0.15) is 6.10 Å². The molecule has 0 N–H and O–H groups in total. The Bertz CT molecular complexity index is 179. The Morgan fingerprint density at radius 1 is 1.64 bits per heavy atom. The summed E-state index contributed by atoms with van der Waals surface area (Å²) in [6.07, 6.45) is 0.127. The van der Waals surface area contributed by atoms with Gasteiger partial charge in [0.15, 0.2) is 6.29 Å². The zero-order valence-corrected chi connectivity index (χ0v) is 6.28. The number of carbonyl (C=O) groups excluding carboxylic acids is 1. The first-order valence-electron chi connectivity index (χ1n) is 3.65. The van der Waals surface area contributed by atoms with E-state index in [4.69, 9.17) is 14.2 Å². The molecular formula is C7H10O4. The first-order valence-corrected chi connectivity index (χ1v) is 3.65. The molecule has 0 radical (unpaired) electrons. The summed E-state index contributed by atoms with van der Waals surface area (Å²) in [5.74, 6) is -0.0159. The third-order valence-corrected chi connectivity index (χ3v) is 2.17. The molecule has 0 spiro atoms. The Morgan fingerprint density at radius 2 is 2.45 bits per heavy atom. The predicted molar refractivity (Wildman–Crippen MR) is 34.7 cm³/mol. The highest BCUT2D eigenvalue weighted by Crippen LogP contribution is 2.33. The summed E-state index contributed by atoms with van der Waals surface area (Å²) in [6, 6.07) is 0. The van der Waals surface area contributed by atoms with Crippen molar-refractivity contribution in [1.82, 2.24) is 0 Å². The second-order valence-corrected chi connectivity index (χ2v) is 2.83. The molecule has 0 aliphatic carbocycles. The zero-order valence-electron chi connectivity index (χ0n) is 6.28. The first-order chi connectivity index (χ1) is 5.31. The number of carbonyl (C=O) groups is 1. The fourth-order valence-corrected chi connectivity index (χ4v) is 1.61. The summed E-state index contributed by atoms with van der Waals surface area (Å²) in [4.78, 5) is 10.8. The van der Waals surface area contributed by atoms with E-state index >= 15 is 0 Å². The Kier molecular flexibility index (Phi) is 1.58. The highest BCUT2D eigenvalue weighted by atomic mass is 16.7. The standard InChI is InChI=1S/C7H10O4/c1-9-7-4-2-6(8)11-5(4)3-10-7/h4-5,7H,2-3H2,1H3. The van der Waals surface area contributed by atoms with Crippen molar-refractivity contribution in [3.05, 3.63) is 0 Å². The van der Waals surface area contributed by atoms with E-state index in [9.17, 15) is 4.79 Å². The molecule has 2 heterocycles. The fourth-order valence-electron chi connectivity index (χ4n) is 1.61. The van der Waals surface area contributed by atoms with Gasteiger partial charge in [-0.15, -0.1) is 0 Å². The van der Waals surface area contributed by atoms with Crippen molar-refractivity contribution in [3.63, 3.8) is 0 Å². The molecule has 0 amide bonds. The second kappa shape index (κ2) is 2.46. The molecule has 3 unspecified atom stereocenters. The van der Waals surface area contributed by atoms with Crippen LogP contribution >= 0.6 is 0 Å². The summed E-state index contributed by atoms with van der Waals surface area (Å²) in [6.45, 7) is 0.481. The summed E-state index contributed by atoms with van der Waals surface area (Å²) < 4.78 is 15.2. The van der Waals surface area contributed by atoms with Gasteiger partial charge in [0.25, 0.3) is 0 Å². The van der Waals surface area contributed by atoms with Gasteiger partial charge in [0.05, 0.1) is 18.9 Å². The normalized spacial score (nSPS) is 42.3. The SMILES string of the molecule is COC1OCC2OC(=O)CC21. The minimum absolute atomic E-state index is 0.0625. The molecule has 2 rings (SSSR count). The Morgan fingerprint density at radius 3 is 3.18 bits per heavy atom. The molecule has 2 saturated heterocycles. The van der Waals surface area contributed by atoms with Gasteiger partial charge in [-0.25, -0.2) is 0 Å². The van der Waals surface area contributed by atoms with E-state index in [0.717, 1.165) is 0 Å². The van der Waals surface area contributed by atoms with Gasteiger partial charge in [-0.1, -0.05) is 0 Å². The maximum Gasteiger partial charge on any atom is 0.306 e. The summed E-state index contributed by atoms with van der Waals surface area (Å²) in [7, 11) is 1.58. The van der Waals surface area contributed by atoms with Crippen LogP contribution in [0.25, 0.3) is 0 Å². The number of hydrogen-bond donors (Lipinski definition) is 0. The van der Waals surface area contributed by atoms with Crippen LogP contribution in [0.3, 0.4) is 0 Å². The minimum atomic E-state index is -0.244. The number of rotatable bonds is 1. The van der Waals surface area contributed by atoms with Crippen LogP contribution in [0.1, 0.15) is 6.42 Å². The Labute approximate surface area is 64.4 Å². The van der Waals surface area contributed by atoms with Crippen molar-refractivity contribution < 1.29 is 19.0 Å². The molecule has 2 aliphatic rings. The third kappa shape index (κ3) is 1.02. The van der Waals surface area contributed by atoms with Gasteiger partial charge in [-0.2, -0.15) is 0 Å². The van der Waals surface area contributed by atoms with Crippen molar-refractivity contribution in [3.8, 4) is 0 Å². The van der Waals surface area contributed by atoms with E-state index < -0.39 is 0 Å².